The summed E-state index contributed by atoms with van der Waals surface area (Å²) in [7, 11) is 0. The Bertz CT molecular complexity index is 55.7. The standard InChI is InChI=1S/C4H10GeO.ClH/c1-2-3-4(5)6;/h2-3H2,1,5H3;1H. The van der Waals surface area contributed by atoms with Crippen LogP contribution in [0.4, 0.5) is 0 Å². The van der Waals surface area contributed by atoms with E-state index in [1.165, 1.54) is 0 Å². The molecule has 0 saturated carbocycles. The topological polar surface area (TPSA) is 17.1 Å². The maximum absolute atomic E-state index is 10.1. The first-order chi connectivity index (χ1) is 2.77. The Morgan fingerprint density at radius 2 is 2.14 bits per heavy atom. The third-order valence-electron chi connectivity index (χ3n) is 0.602. The maximum Gasteiger partial charge on any atom is -0.147 e. The van der Waals surface area contributed by atoms with E-state index in [4.69, 9.17) is 0 Å². The predicted octanol–water partition coefficient (Wildman–Crippen LogP) is 0.100. The second-order valence-corrected chi connectivity index (χ2v) is 3.79. The van der Waals surface area contributed by atoms with Crippen molar-refractivity contribution in [2.24, 2.45) is 0 Å². The van der Waals surface area contributed by atoms with E-state index >= 15 is 0 Å². The van der Waals surface area contributed by atoms with Gasteiger partial charge in [-0.2, -0.15) is 0 Å². The van der Waals surface area contributed by atoms with Crippen LogP contribution in [-0.4, -0.2) is 21.1 Å². The molecule has 0 saturated heterocycles. The Hall–Kier alpha value is 0.503. The van der Waals surface area contributed by atoms with Crippen molar-refractivity contribution in [2.75, 3.05) is 0 Å². The number of rotatable bonds is 2. The Balaban J connectivity index is 0. The zero-order valence-corrected chi connectivity index (χ0v) is 9.74. The van der Waals surface area contributed by atoms with Gasteiger partial charge in [-0.15, -0.1) is 12.4 Å². The Kier molecular flexibility index (Phi) is 9.73. The van der Waals surface area contributed by atoms with Crippen molar-refractivity contribution in [3.8, 4) is 0 Å². The van der Waals surface area contributed by atoms with Crippen LogP contribution in [-0.2, 0) is 4.79 Å². The van der Waals surface area contributed by atoms with Crippen LogP contribution >= 0.6 is 12.4 Å². The van der Waals surface area contributed by atoms with E-state index in [2.05, 4.69) is 0 Å². The van der Waals surface area contributed by atoms with Gasteiger partial charge in [0, 0.05) is 0 Å². The quantitative estimate of drug-likeness (QED) is 0.555. The summed E-state index contributed by atoms with van der Waals surface area (Å²) in [6.07, 6.45) is 1.85. The zero-order chi connectivity index (χ0) is 4.99. The first-order valence-electron chi connectivity index (χ1n) is 2.26. The van der Waals surface area contributed by atoms with Gasteiger partial charge in [-0.05, 0) is 0 Å². The molecule has 0 aliphatic carbocycles. The van der Waals surface area contributed by atoms with E-state index in [0.29, 0.717) is 21.1 Å². The monoisotopic (exact) mass is 184 g/mol. The van der Waals surface area contributed by atoms with Gasteiger partial charge in [0.05, 0.1) is 0 Å². The fourth-order valence-electron chi connectivity index (χ4n) is 0.352. The average Bonchev–Trinajstić information content (AvgIpc) is 1.35. The third kappa shape index (κ3) is 10.7. The molecule has 0 heterocycles. The van der Waals surface area contributed by atoms with Gasteiger partial charge in [-0.25, -0.2) is 0 Å². The van der Waals surface area contributed by atoms with E-state index in [1.54, 1.807) is 0 Å². The third-order valence-corrected chi connectivity index (χ3v) is 1.65. The van der Waals surface area contributed by atoms with Crippen LogP contribution in [0.3, 0.4) is 0 Å². The summed E-state index contributed by atoms with van der Waals surface area (Å²) in [5.41, 5.74) is 0. The van der Waals surface area contributed by atoms with Gasteiger partial charge in [0.1, 0.15) is 0 Å². The van der Waals surface area contributed by atoms with Crippen LogP contribution in [0, 0.1) is 0 Å². The SMILES string of the molecule is CCC[C](=O)[GeH3].Cl. The van der Waals surface area contributed by atoms with Gasteiger partial charge in [0.25, 0.3) is 0 Å². The summed E-state index contributed by atoms with van der Waals surface area (Å²) in [6, 6.07) is 0. The van der Waals surface area contributed by atoms with Crippen LogP contribution in [0.15, 0.2) is 0 Å². The number of carbonyl (C=O) groups excluding carboxylic acids is 1. The summed E-state index contributed by atoms with van der Waals surface area (Å²) < 4.78 is 0.477. The predicted molar refractivity (Wildman–Crippen MR) is 37.1 cm³/mol. The number of carbonyl (C=O) groups is 1. The molecule has 0 fully saturated rings. The molecule has 0 N–H and O–H groups in total. The second-order valence-electron chi connectivity index (χ2n) is 1.45. The number of hydrogen-bond acceptors (Lipinski definition) is 1. The average molecular weight is 183 g/mol. The van der Waals surface area contributed by atoms with Crippen molar-refractivity contribution < 1.29 is 4.79 Å². The molecule has 0 atom stereocenters. The maximum atomic E-state index is 10.1. The molecule has 7 heavy (non-hydrogen) atoms. The van der Waals surface area contributed by atoms with E-state index in [1.807, 2.05) is 6.92 Å². The summed E-state index contributed by atoms with van der Waals surface area (Å²) >= 11 is 0.434. The Labute approximate surface area is 58.5 Å². The van der Waals surface area contributed by atoms with Crippen LogP contribution in [0.5, 0.6) is 0 Å². The molecule has 0 radical (unpaired) electrons. The minimum absolute atomic E-state index is 0. The zero-order valence-electron chi connectivity index (χ0n) is 4.73. The molecule has 1 nitrogen and oxygen atoms in total. The Morgan fingerprint density at radius 1 is 1.71 bits per heavy atom. The number of halogens is 1. The molecule has 0 spiro atoms. The Morgan fingerprint density at radius 3 is 2.14 bits per heavy atom. The van der Waals surface area contributed by atoms with E-state index < -0.39 is 0 Å². The molecule has 0 aromatic carbocycles. The smallest absolute Gasteiger partial charge is 0.147 e. The van der Waals surface area contributed by atoms with Gasteiger partial charge in [-0.1, -0.05) is 0 Å². The van der Waals surface area contributed by atoms with Gasteiger partial charge in [0.2, 0.25) is 0 Å². The molecule has 0 rings (SSSR count). The minimum Gasteiger partial charge on any atom is -0.147 e. The first kappa shape index (κ1) is 10.5. The van der Waals surface area contributed by atoms with Crippen molar-refractivity contribution in [1.29, 1.82) is 0 Å². The van der Waals surface area contributed by atoms with Gasteiger partial charge in [-0.3, -0.25) is 0 Å². The first-order valence-corrected chi connectivity index (χ1v) is 4.36. The van der Waals surface area contributed by atoms with Crippen LogP contribution in [0.2, 0.25) is 0 Å². The molecule has 0 aliphatic heterocycles. The van der Waals surface area contributed by atoms with Crippen LogP contribution < -0.4 is 0 Å². The van der Waals surface area contributed by atoms with Crippen LogP contribution in [0.1, 0.15) is 19.8 Å². The fourth-order valence-corrected chi connectivity index (χ4v) is 1.40. The van der Waals surface area contributed by atoms with Gasteiger partial charge >= 0.3 is 45.7 Å². The minimum atomic E-state index is 0. The fraction of sp³-hybridized carbons (Fsp3) is 0.750. The molecular formula is C4H11ClGeO. The number of hydrogen-bond donors (Lipinski definition) is 0. The summed E-state index contributed by atoms with van der Waals surface area (Å²) in [6.45, 7) is 2.03. The van der Waals surface area contributed by atoms with Crippen molar-refractivity contribution in [3.63, 3.8) is 0 Å². The summed E-state index contributed by atoms with van der Waals surface area (Å²) in [5.74, 6) is 0. The molecule has 0 aliphatic rings. The molecule has 0 amide bonds. The molecule has 0 aromatic heterocycles. The second kappa shape index (κ2) is 6.50. The summed E-state index contributed by atoms with van der Waals surface area (Å²) in [5, 5.41) is 0. The van der Waals surface area contributed by atoms with Crippen molar-refractivity contribution in [3.05, 3.63) is 0 Å². The molecule has 0 aromatic rings. The van der Waals surface area contributed by atoms with E-state index in [9.17, 15) is 4.79 Å². The van der Waals surface area contributed by atoms with Crippen molar-refractivity contribution >= 4 is 33.5 Å². The molecule has 0 bridgehead atoms. The van der Waals surface area contributed by atoms with Crippen molar-refractivity contribution in [2.45, 2.75) is 19.8 Å². The molecule has 3 heteroatoms. The van der Waals surface area contributed by atoms with E-state index in [-0.39, 0.29) is 12.4 Å². The van der Waals surface area contributed by atoms with Crippen LogP contribution in [0.25, 0.3) is 0 Å². The molecular weight excluding hydrogens is 172 g/mol. The van der Waals surface area contributed by atoms with Crippen molar-refractivity contribution in [1.82, 2.24) is 0 Å². The van der Waals surface area contributed by atoms with E-state index in [0.717, 1.165) is 12.8 Å². The van der Waals surface area contributed by atoms with Gasteiger partial charge in [0.15, 0.2) is 0 Å². The molecule has 44 valence electrons. The van der Waals surface area contributed by atoms with Gasteiger partial charge < -0.3 is 0 Å². The summed E-state index contributed by atoms with van der Waals surface area (Å²) in [4.78, 5) is 10.1. The largest absolute Gasteiger partial charge is 0.147 e. The molecule has 0 unspecified atom stereocenters. The normalized spacial score (nSPS) is 7.57.